The van der Waals surface area contributed by atoms with E-state index in [1.807, 2.05) is 0 Å². The maximum Gasteiger partial charge on any atom is 0.251 e. The predicted octanol–water partition coefficient (Wildman–Crippen LogP) is 1.86. The van der Waals surface area contributed by atoms with E-state index in [1.165, 1.54) is 11.0 Å². The lowest BCUT2D eigenvalue weighted by atomic mass is 10.1. The Balaban J connectivity index is 1.48. The number of amides is 3. The van der Waals surface area contributed by atoms with Gasteiger partial charge in [-0.25, -0.2) is 8.78 Å². The van der Waals surface area contributed by atoms with E-state index < -0.39 is 29.4 Å². The Hall–Kier alpha value is -3.29. The van der Waals surface area contributed by atoms with E-state index in [2.05, 4.69) is 10.6 Å². The third-order valence-corrected chi connectivity index (χ3v) is 4.48. The Kier molecular flexibility index (Phi) is 5.98. The van der Waals surface area contributed by atoms with Gasteiger partial charge in [0.2, 0.25) is 11.8 Å². The third-order valence-electron chi connectivity index (χ3n) is 4.48. The van der Waals surface area contributed by atoms with E-state index in [4.69, 9.17) is 0 Å². The molecule has 2 aromatic rings. The molecule has 0 spiro atoms. The molecule has 0 aromatic heterocycles. The minimum absolute atomic E-state index is 0.173. The van der Waals surface area contributed by atoms with Crippen LogP contribution in [0.2, 0.25) is 0 Å². The van der Waals surface area contributed by atoms with E-state index in [0.717, 1.165) is 12.1 Å². The molecule has 0 bridgehead atoms. The summed E-state index contributed by atoms with van der Waals surface area (Å²) < 4.78 is 26.4. The van der Waals surface area contributed by atoms with Crippen LogP contribution in [0.3, 0.4) is 0 Å². The van der Waals surface area contributed by atoms with Gasteiger partial charge in [-0.3, -0.25) is 14.4 Å². The largest absolute Gasteiger partial charge is 0.354 e. The molecule has 2 N–H and O–H groups in total. The molecule has 8 heteroatoms. The van der Waals surface area contributed by atoms with Gasteiger partial charge in [-0.05, 0) is 30.7 Å². The molecule has 0 aliphatic carbocycles. The molecule has 3 amide bonds. The fourth-order valence-corrected chi connectivity index (χ4v) is 3.01. The lowest BCUT2D eigenvalue weighted by Crippen LogP contribution is -2.40. The molecule has 1 aliphatic rings. The zero-order chi connectivity index (χ0) is 20.1. The van der Waals surface area contributed by atoms with Gasteiger partial charge in [0.25, 0.3) is 5.91 Å². The molecule has 6 nitrogen and oxygen atoms in total. The highest BCUT2D eigenvalue weighted by molar-refractivity contribution is 6.09. The van der Waals surface area contributed by atoms with Gasteiger partial charge in [-0.2, -0.15) is 0 Å². The second-order valence-corrected chi connectivity index (χ2v) is 6.34. The van der Waals surface area contributed by atoms with Crippen LogP contribution in [0.1, 0.15) is 16.8 Å². The Bertz CT molecular complexity index is 890. The molecule has 1 aliphatic heterocycles. The van der Waals surface area contributed by atoms with Crippen molar-refractivity contribution < 1.29 is 23.2 Å². The van der Waals surface area contributed by atoms with Crippen LogP contribution in [0.4, 0.5) is 14.5 Å². The van der Waals surface area contributed by atoms with Crippen molar-refractivity contribution in [3.8, 4) is 0 Å². The van der Waals surface area contributed by atoms with Crippen molar-refractivity contribution in [2.45, 2.75) is 6.42 Å². The molecular formula is C20H19F2N3O3. The smallest absolute Gasteiger partial charge is 0.251 e. The molecule has 2 aromatic carbocycles. The molecule has 1 atom stereocenters. The monoisotopic (exact) mass is 387 g/mol. The summed E-state index contributed by atoms with van der Waals surface area (Å²) in [7, 11) is 0. The van der Waals surface area contributed by atoms with Gasteiger partial charge in [0.1, 0.15) is 5.92 Å². The summed E-state index contributed by atoms with van der Waals surface area (Å²) in [4.78, 5) is 37.9. The van der Waals surface area contributed by atoms with E-state index in [0.29, 0.717) is 5.56 Å². The van der Waals surface area contributed by atoms with Crippen LogP contribution in [0.25, 0.3) is 0 Å². The molecule has 1 fully saturated rings. The van der Waals surface area contributed by atoms with E-state index in [-0.39, 0.29) is 37.6 Å². The van der Waals surface area contributed by atoms with Gasteiger partial charge in [0, 0.05) is 37.0 Å². The normalized spacial score (nSPS) is 16.1. The number of nitrogens with zero attached hydrogens (tertiary/aromatic N) is 1. The Labute approximate surface area is 160 Å². The number of carbonyl (C=O) groups excluding carboxylic acids is 3. The maximum atomic E-state index is 13.4. The third kappa shape index (κ3) is 4.33. The van der Waals surface area contributed by atoms with Gasteiger partial charge in [0.05, 0.1) is 0 Å². The topological polar surface area (TPSA) is 78.5 Å². The molecule has 1 unspecified atom stereocenters. The predicted molar refractivity (Wildman–Crippen MR) is 98.6 cm³/mol. The fraction of sp³-hybridized carbons (Fsp3) is 0.250. The van der Waals surface area contributed by atoms with Crippen LogP contribution in [-0.2, 0) is 9.59 Å². The zero-order valence-corrected chi connectivity index (χ0v) is 15.0. The number of hydrogen-bond donors (Lipinski definition) is 2. The van der Waals surface area contributed by atoms with E-state index in [9.17, 15) is 23.2 Å². The van der Waals surface area contributed by atoms with Gasteiger partial charge in [-0.1, -0.05) is 18.2 Å². The Morgan fingerprint density at radius 3 is 2.43 bits per heavy atom. The second kappa shape index (κ2) is 8.60. The number of benzene rings is 2. The second-order valence-electron chi connectivity index (χ2n) is 6.34. The quantitative estimate of drug-likeness (QED) is 0.587. The summed E-state index contributed by atoms with van der Waals surface area (Å²) in [5.74, 6) is -4.11. The average molecular weight is 387 g/mol. The van der Waals surface area contributed by atoms with Crippen LogP contribution < -0.4 is 15.5 Å². The van der Waals surface area contributed by atoms with Crippen molar-refractivity contribution in [2.75, 3.05) is 24.5 Å². The SMILES string of the molecule is O=C(NCCNC(=O)C1CCN(c2ccc(F)c(F)c2)C1=O)c1ccccc1. The number of halogens is 2. The van der Waals surface area contributed by atoms with Gasteiger partial charge < -0.3 is 15.5 Å². The molecule has 0 saturated carbocycles. The van der Waals surface area contributed by atoms with Crippen LogP contribution in [-0.4, -0.2) is 37.4 Å². The molecular weight excluding hydrogens is 368 g/mol. The molecule has 1 saturated heterocycles. The van der Waals surface area contributed by atoms with Crippen molar-refractivity contribution in [2.24, 2.45) is 5.92 Å². The van der Waals surface area contributed by atoms with Crippen molar-refractivity contribution >= 4 is 23.4 Å². The number of anilines is 1. The zero-order valence-electron chi connectivity index (χ0n) is 15.0. The average Bonchev–Trinajstić information content (AvgIpc) is 3.09. The highest BCUT2D eigenvalue weighted by atomic mass is 19.2. The van der Waals surface area contributed by atoms with Crippen LogP contribution in [0, 0.1) is 17.6 Å². The standard InChI is InChI=1S/C20H19F2N3O3/c21-16-7-6-14(12-17(16)22)25-11-8-15(20(25)28)19(27)24-10-9-23-18(26)13-4-2-1-3-5-13/h1-7,12,15H,8-11H2,(H,23,26)(H,24,27). The maximum absolute atomic E-state index is 13.4. The minimum Gasteiger partial charge on any atom is -0.354 e. The number of nitrogens with one attached hydrogen (secondary N) is 2. The molecule has 28 heavy (non-hydrogen) atoms. The summed E-state index contributed by atoms with van der Waals surface area (Å²) in [5, 5.41) is 5.30. The summed E-state index contributed by atoms with van der Waals surface area (Å²) in [6.07, 6.45) is 0.278. The van der Waals surface area contributed by atoms with Gasteiger partial charge >= 0.3 is 0 Å². The first kappa shape index (κ1) is 19.5. The summed E-state index contributed by atoms with van der Waals surface area (Å²) in [6.45, 7) is 0.631. The number of rotatable bonds is 6. The summed E-state index contributed by atoms with van der Waals surface area (Å²) in [6, 6.07) is 11.8. The highest BCUT2D eigenvalue weighted by Gasteiger charge is 2.37. The van der Waals surface area contributed by atoms with Gasteiger partial charge in [0.15, 0.2) is 11.6 Å². The summed E-state index contributed by atoms with van der Waals surface area (Å²) in [5.41, 5.74) is 0.733. The van der Waals surface area contributed by atoms with Crippen molar-refractivity contribution in [3.05, 3.63) is 65.7 Å². The van der Waals surface area contributed by atoms with Crippen molar-refractivity contribution in [3.63, 3.8) is 0 Å². The van der Waals surface area contributed by atoms with Crippen LogP contribution >= 0.6 is 0 Å². The molecule has 1 heterocycles. The first-order valence-corrected chi connectivity index (χ1v) is 8.85. The first-order valence-electron chi connectivity index (χ1n) is 8.85. The molecule has 3 rings (SSSR count). The molecule has 146 valence electrons. The van der Waals surface area contributed by atoms with Crippen LogP contribution in [0.15, 0.2) is 48.5 Å². The Morgan fingerprint density at radius 2 is 1.71 bits per heavy atom. The Morgan fingerprint density at radius 1 is 1.00 bits per heavy atom. The number of hydrogen-bond acceptors (Lipinski definition) is 3. The minimum atomic E-state index is -1.05. The van der Waals surface area contributed by atoms with Crippen molar-refractivity contribution in [1.82, 2.24) is 10.6 Å². The number of carbonyl (C=O) groups is 3. The van der Waals surface area contributed by atoms with Gasteiger partial charge in [-0.15, -0.1) is 0 Å². The van der Waals surface area contributed by atoms with Crippen molar-refractivity contribution in [1.29, 1.82) is 0 Å². The lowest BCUT2D eigenvalue weighted by molar-refractivity contribution is -0.132. The first-order chi connectivity index (χ1) is 13.5. The van der Waals surface area contributed by atoms with E-state index in [1.54, 1.807) is 30.3 Å². The van der Waals surface area contributed by atoms with Crippen LogP contribution in [0.5, 0.6) is 0 Å². The van der Waals surface area contributed by atoms with E-state index >= 15 is 0 Å². The lowest BCUT2D eigenvalue weighted by Gasteiger charge is -2.17. The molecule has 0 radical (unpaired) electrons. The summed E-state index contributed by atoms with van der Waals surface area (Å²) >= 11 is 0. The highest BCUT2D eigenvalue weighted by Crippen LogP contribution is 2.26. The fourth-order valence-electron chi connectivity index (χ4n) is 3.01.